The molecule has 4 saturated carbocycles. The normalized spacial score (nSPS) is 54.6. The molecule has 14 N–H and O–H groups in total. The van der Waals surface area contributed by atoms with Crippen molar-refractivity contribution in [2.45, 2.75) is 280 Å². The Hall–Kier alpha value is -1.71. The average Bonchev–Trinajstić information content (AvgIpc) is 0.707. The van der Waals surface area contributed by atoms with Crippen LogP contribution in [0.1, 0.15) is 127 Å². The van der Waals surface area contributed by atoms with Gasteiger partial charge in [0.1, 0.15) is 104 Å². The smallest absolute Gasteiger partial charge is 0.315 e. The maximum absolute atomic E-state index is 15.1. The number of ether oxygens (including phenoxy) is 10. The van der Waals surface area contributed by atoms with Gasteiger partial charge >= 0.3 is 5.97 Å². The molecule has 0 spiro atoms. The molecule has 10 aliphatic rings. The zero-order valence-corrected chi connectivity index (χ0v) is 49.7. The average molecular weight is 1210 g/mol. The van der Waals surface area contributed by atoms with Crippen LogP contribution in [0.5, 0.6) is 0 Å². The molecule has 0 aromatic carbocycles. The standard InChI is InChI=1S/C59H96O25/c1-24-34(63)38(67)41(70)48(76-24)82-46-35(64)25(2)77-51(44(46)73)83-47-36(65)28(62)23-75-52(47)80-33-13-14-56(7)31(55(33,5)6)12-15-58(9)32(56)11-10-26-27-20-54(3,4)16-18-59(27,19-17-57(26,58)8)53(74)84-50-43(72)40(69)45(30(22-61)79-50)81-49-42(71)39(68)37(66)29(21-60)78-49/h10,24-25,27-52,60-73H,11-23H2,1-9H3/t24-,25-,27-,28-,29+,30+,31-,32+,33-,34-,35-,36-,37+,38+,39-,40+,41+,42+,43+,44+,45+,46+,47+,48-,49-,50-,51-,52-,56-,57+,58+,59-/m0/s1. The van der Waals surface area contributed by atoms with Crippen molar-refractivity contribution < 1.29 is 124 Å². The summed E-state index contributed by atoms with van der Waals surface area (Å²) in [6.07, 6.45) is -28.2. The fourth-order valence-corrected chi connectivity index (χ4v) is 17.6. The van der Waals surface area contributed by atoms with Crippen LogP contribution >= 0.6 is 0 Å². The van der Waals surface area contributed by atoms with E-state index < -0.39 is 184 Å². The molecule has 32 atom stereocenters. The highest BCUT2D eigenvalue weighted by atomic mass is 16.8. The number of aliphatic hydroxyl groups excluding tert-OH is 14. The second kappa shape index (κ2) is 23.8. The van der Waals surface area contributed by atoms with Crippen molar-refractivity contribution in [3.8, 4) is 0 Å². The Kier molecular flexibility index (Phi) is 18.5. The number of fused-ring (bicyclic) bond motifs is 7. The number of carbonyl (C=O) groups excluding carboxylic acids is 1. The van der Waals surface area contributed by atoms with Crippen LogP contribution in [0.15, 0.2) is 11.6 Å². The Morgan fingerprint density at radius 2 is 1.11 bits per heavy atom. The van der Waals surface area contributed by atoms with Crippen LogP contribution in [0, 0.1) is 50.2 Å². The highest BCUT2D eigenvalue weighted by Gasteiger charge is 2.70. The number of esters is 1. The molecule has 0 radical (unpaired) electrons. The first kappa shape index (κ1) is 65.2. The zero-order valence-electron chi connectivity index (χ0n) is 49.7. The molecule has 9 fully saturated rings. The van der Waals surface area contributed by atoms with E-state index in [0.717, 1.165) is 32.1 Å². The van der Waals surface area contributed by atoms with Gasteiger partial charge in [-0.25, -0.2) is 0 Å². The number of hydrogen-bond acceptors (Lipinski definition) is 25. The van der Waals surface area contributed by atoms with Gasteiger partial charge in [-0.15, -0.1) is 0 Å². The van der Waals surface area contributed by atoms with Crippen LogP contribution in [-0.2, 0) is 52.2 Å². The number of aliphatic hydroxyl groups is 14. The maximum Gasteiger partial charge on any atom is 0.315 e. The van der Waals surface area contributed by atoms with Crippen molar-refractivity contribution in [1.82, 2.24) is 0 Å². The van der Waals surface area contributed by atoms with E-state index in [4.69, 9.17) is 47.4 Å². The minimum atomic E-state index is -1.88. The van der Waals surface area contributed by atoms with Gasteiger partial charge in [0.15, 0.2) is 25.2 Å². The van der Waals surface area contributed by atoms with Crippen molar-refractivity contribution in [3.63, 3.8) is 0 Å². The van der Waals surface area contributed by atoms with Crippen LogP contribution in [0.2, 0.25) is 0 Å². The predicted molar refractivity (Wildman–Crippen MR) is 287 cm³/mol. The van der Waals surface area contributed by atoms with Crippen molar-refractivity contribution >= 4 is 5.97 Å². The number of allylic oxidation sites excluding steroid dienone is 2. The lowest BCUT2D eigenvalue weighted by molar-refractivity contribution is -0.381. The summed E-state index contributed by atoms with van der Waals surface area (Å²) in [7, 11) is 0. The van der Waals surface area contributed by atoms with Gasteiger partial charge in [0.2, 0.25) is 6.29 Å². The molecule has 10 rings (SSSR count). The molecule has 5 aliphatic heterocycles. The van der Waals surface area contributed by atoms with Gasteiger partial charge in [0.25, 0.3) is 0 Å². The van der Waals surface area contributed by atoms with E-state index in [9.17, 15) is 71.5 Å². The second-order valence-electron chi connectivity index (χ2n) is 28.6. The third-order valence-corrected chi connectivity index (χ3v) is 23.1. The first-order valence-corrected chi connectivity index (χ1v) is 30.5. The van der Waals surface area contributed by atoms with E-state index in [1.165, 1.54) is 19.4 Å². The third kappa shape index (κ3) is 10.8. The Labute approximate surface area is 490 Å². The van der Waals surface area contributed by atoms with E-state index in [1.807, 2.05) is 0 Å². The summed E-state index contributed by atoms with van der Waals surface area (Å²) in [6, 6.07) is 0. The predicted octanol–water partition coefficient (Wildman–Crippen LogP) is -1.52. The Bertz CT molecular complexity index is 2340. The Morgan fingerprint density at radius 3 is 1.77 bits per heavy atom. The topological polar surface area (TPSA) is 393 Å². The molecule has 0 aromatic rings. The van der Waals surface area contributed by atoms with Crippen LogP contribution in [0.25, 0.3) is 0 Å². The Morgan fingerprint density at radius 1 is 0.536 bits per heavy atom. The molecule has 84 heavy (non-hydrogen) atoms. The SMILES string of the molecule is C[C@@H]1O[C@@H](O[C@@H]2[C@@H](O)[C@H](C)O[C@@H](O[C@H]3[C@H](O[C@H]4CC[C@]5(C)[C@H]6CC=C7[C@@H]8CC(C)(C)CC[C@]8(C(=O)O[C@@H]8O[C@H](CO)[C@@H](O[C@@H]9O[C@H](CO)[C@@H](O)[C@H](O)[C@H]9O)[C@H](O)[C@H]8O)CC[C@@]7(C)[C@]6(C)CC[C@H]5C4(C)C)OC[C@H](O)[C@@H]3O)[C@@H]2O)[C@H](O)[C@H](O)[C@H]1O. The van der Waals surface area contributed by atoms with E-state index in [2.05, 4.69) is 54.5 Å². The monoisotopic (exact) mass is 1200 g/mol. The van der Waals surface area contributed by atoms with E-state index in [0.29, 0.717) is 32.1 Å². The molecule has 482 valence electrons. The summed E-state index contributed by atoms with van der Waals surface area (Å²) in [5.74, 6) is -0.473. The van der Waals surface area contributed by atoms with Crippen molar-refractivity contribution in [3.05, 3.63) is 11.6 Å². The molecule has 5 saturated heterocycles. The minimum absolute atomic E-state index is 0.135. The van der Waals surface area contributed by atoms with Crippen LogP contribution in [0.4, 0.5) is 0 Å². The summed E-state index contributed by atoms with van der Waals surface area (Å²) >= 11 is 0. The van der Waals surface area contributed by atoms with Crippen molar-refractivity contribution in [2.75, 3.05) is 19.8 Å². The number of rotatable bonds is 12. The van der Waals surface area contributed by atoms with E-state index in [1.54, 1.807) is 0 Å². The van der Waals surface area contributed by atoms with E-state index in [-0.39, 0.29) is 46.0 Å². The molecule has 0 unspecified atom stereocenters. The third-order valence-electron chi connectivity index (χ3n) is 23.1. The Balaban J connectivity index is 0.841. The first-order chi connectivity index (χ1) is 39.3. The molecule has 5 heterocycles. The highest BCUT2D eigenvalue weighted by molar-refractivity contribution is 5.79. The van der Waals surface area contributed by atoms with Gasteiger partial charge in [-0.3, -0.25) is 4.79 Å². The summed E-state index contributed by atoms with van der Waals surface area (Å²) in [5, 5.41) is 151. The molecule has 25 nitrogen and oxygen atoms in total. The van der Waals surface area contributed by atoms with Crippen LogP contribution in [-0.4, -0.2) is 251 Å². The molecular weight excluding hydrogens is 1110 g/mol. The number of hydrogen-bond donors (Lipinski definition) is 14. The first-order valence-electron chi connectivity index (χ1n) is 30.5. The largest absolute Gasteiger partial charge is 0.432 e. The van der Waals surface area contributed by atoms with E-state index >= 15 is 4.79 Å². The summed E-state index contributed by atoms with van der Waals surface area (Å²) < 4.78 is 60.1. The summed E-state index contributed by atoms with van der Waals surface area (Å²) in [4.78, 5) is 15.1. The summed E-state index contributed by atoms with van der Waals surface area (Å²) in [6.45, 7) is 17.2. The second-order valence-corrected chi connectivity index (χ2v) is 28.6. The zero-order chi connectivity index (χ0) is 61.3. The molecule has 0 bridgehead atoms. The van der Waals surface area contributed by atoms with Crippen molar-refractivity contribution in [1.29, 1.82) is 0 Å². The van der Waals surface area contributed by atoms with Crippen LogP contribution < -0.4 is 0 Å². The molecule has 0 amide bonds. The maximum atomic E-state index is 15.1. The fraction of sp³-hybridized carbons (Fsp3) is 0.949. The van der Waals surface area contributed by atoms with Gasteiger partial charge in [-0.05, 0) is 123 Å². The lowest BCUT2D eigenvalue weighted by Crippen LogP contribution is -2.66. The molecule has 25 heteroatoms. The highest BCUT2D eigenvalue weighted by Crippen LogP contribution is 2.76. The van der Waals surface area contributed by atoms with Gasteiger partial charge < -0.3 is 119 Å². The lowest BCUT2D eigenvalue weighted by atomic mass is 9.33. The van der Waals surface area contributed by atoms with Gasteiger partial charge in [-0.2, -0.15) is 0 Å². The van der Waals surface area contributed by atoms with Crippen molar-refractivity contribution in [2.24, 2.45) is 50.2 Å². The van der Waals surface area contributed by atoms with Gasteiger partial charge in [0, 0.05) is 0 Å². The van der Waals surface area contributed by atoms with Gasteiger partial charge in [-0.1, -0.05) is 60.1 Å². The fourth-order valence-electron chi connectivity index (χ4n) is 17.6. The molecular formula is C59H96O25. The summed E-state index contributed by atoms with van der Waals surface area (Å²) in [5.41, 5.74) is -1.18. The molecule has 5 aliphatic carbocycles. The number of carbonyl (C=O) groups is 1. The minimum Gasteiger partial charge on any atom is -0.432 e. The van der Waals surface area contributed by atoms with Gasteiger partial charge in [0.05, 0.1) is 43.5 Å². The van der Waals surface area contributed by atoms with Crippen LogP contribution in [0.3, 0.4) is 0 Å². The molecule has 0 aromatic heterocycles. The lowest BCUT2D eigenvalue weighted by Gasteiger charge is -2.71. The quantitative estimate of drug-likeness (QED) is 0.0600.